The Labute approximate surface area is 246 Å². The van der Waals surface area contributed by atoms with Crippen LogP contribution in [-0.4, -0.2) is 25.0 Å². The molecule has 0 radical (unpaired) electrons. The molecular formula is C29H23Cl4N3O3. The zero-order valence-electron chi connectivity index (χ0n) is 20.5. The number of amides is 3. The van der Waals surface area contributed by atoms with Crippen molar-refractivity contribution in [1.82, 2.24) is 5.32 Å². The number of anilines is 2. The van der Waals surface area contributed by atoms with Gasteiger partial charge in [-0.2, -0.15) is 0 Å². The molecule has 4 rings (SSSR count). The van der Waals surface area contributed by atoms with Gasteiger partial charge in [0.05, 0.1) is 20.6 Å². The summed E-state index contributed by atoms with van der Waals surface area (Å²) >= 11 is 24.2. The maximum Gasteiger partial charge on any atom is 0.326 e. The third-order valence-corrected chi connectivity index (χ3v) is 6.85. The molecule has 0 aliphatic rings. The third-order valence-electron chi connectivity index (χ3n) is 5.56. The van der Waals surface area contributed by atoms with Crippen molar-refractivity contribution in [1.29, 1.82) is 0 Å². The summed E-state index contributed by atoms with van der Waals surface area (Å²) in [5, 5.41) is 7.10. The van der Waals surface area contributed by atoms with E-state index in [1.165, 1.54) is 6.07 Å². The molecule has 0 spiro atoms. The van der Waals surface area contributed by atoms with Gasteiger partial charge in [-0.05, 0) is 79.2 Å². The van der Waals surface area contributed by atoms with Crippen molar-refractivity contribution in [2.75, 3.05) is 23.3 Å². The summed E-state index contributed by atoms with van der Waals surface area (Å²) in [7, 11) is 0. The van der Waals surface area contributed by atoms with E-state index >= 15 is 0 Å². The first kappa shape index (κ1) is 28.6. The number of halogens is 4. The topological polar surface area (TPSA) is 70.7 Å². The first-order valence-electron chi connectivity index (χ1n) is 11.9. The van der Waals surface area contributed by atoms with Crippen LogP contribution in [0.5, 0.6) is 11.5 Å². The molecule has 0 aliphatic heterocycles. The minimum Gasteiger partial charge on any atom is -0.457 e. The molecule has 0 aliphatic carbocycles. The number of urea groups is 1. The summed E-state index contributed by atoms with van der Waals surface area (Å²) in [6.45, 7) is 0.615. The summed E-state index contributed by atoms with van der Waals surface area (Å²) in [5.74, 6) is 1.00. The van der Waals surface area contributed by atoms with Crippen LogP contribution in [0.1, 0.15) is 16.8 Å². The van der Waals surface area contributed by atoms with Crippen LogP contribution in [0.25, 0.3) is 0 Å². The minimum atomic E-state index is -0.378. The molecule has 0 atom stereocenters. The normalized spacial score (nSPS) is 10.6. The van der Waals surface area contributed by atoms with Gasteiger partial charge in [-0.3, -0.25) is 9.69 Å². The molecule has 39 heavy (non-hydrogen) atoms. The van der Waals surface area contributed by atoms with E-state index in [9.17, 15) is 9.59 Å². The third kappa shape index (κ3) is 8.04. The molecule has 0 aromatic heterocycles. The van der Waals surface area contributed by atoms with Crippen molar-refractivity contribution in [3.8, 4) is 11.5 Å². The van der Waals surface area contributed by atoms with E-state index in [1.54, 1.807) is 59.5 Å². The van der Waals surface area contributed by atoms with Crippen LogP contribution < -0.4 is 20.3 Å². The molecular weight excluding hydrogens is 580 g/mol. The van der Waals surface area contributed by atoms with Gasteiger partial charge in [0, 0.05) is 29.5 Å². The highest BCUT2D eigenvalue weighted by Crippen LogP contribution is 2.27. The van der Waals surface area contributed by atoms with E-state index in [1.807, 2.05) is 30.3 Å². The Morgan fingerprint density at radius 1 is 0.744 bits per heavy atom. The van der Waals surface area contributed by atoms with Crippen LogP contribution in [0.3, 0.4) is 0 Å². The number of hydrogen-bond donors (Lipinski definition) is 2. The maximum absolute atomic E-state index is 13.3. The summed E-state index contributed by atoms with van der Waals surface area (Å²) < 4.78 is 5.86. The molecule has 0 bridgehead atoms. The molecule has 0 saturated heterocycles. The molecule has 3 amide bonds. The quantitative estimate of drug-likeness (QED) is 0.188. The van der Waals surface area contributed by atoms with Gasteiger partial charge in [0.15, 0.2) is 0 Å². The second kappa shape index (κ2) is 13.6. The molecule has 200 valence electrons. The van der Waals surface area contributed by atoms with Gasteiger partial charge in [0.25, 0.3) is 5.91 Å². The summed E-state index contributed by atoms with van der Waals surface area (Å²) in [6.07, 6.45) is 0.466. The second-order valence-electron chi connectivity index (χ2n) is 8.35. The number of rotatable bonds is 9. The molecule has 10 heteroatoms. The monoisotopic (exact) mass is 601 g/mol. The average molecular weight is 603 g/mol. The highest BCUT2D eigenvalue weighted by molar-refractivity contribution is 6.42. The van der Waals surface area contributed by atoms with Crippen LogP contribution in [0.4, 0.5) is 16.2 Å². The van der Waals surface area contributed by atoms with Gasteiger partial charge in [-0.25, -0.2) is 4.79 Å². The zero-order chi connectivity index (χ0) is 27.8. The molecule has 0 unspecified atom stereocenters. The van der Waals surface area contributed by atoms with Crippen molar-refractivity contribution in [3.63, 3.8) is 0 Å². The molecule has 0 saturated carbocycles. The van der Waals surface area contributed by atoms with Crippen molar-refractivity contribution in [2.45, 2.75) is 6.42 Å². The molecule has 6 nitrogen and oxygen atoms in total. The summed E-state index contributed by atoms with van der Waals surface area (Å²) in [6, 6.07) is 25.7. The summed E-state index contributed by atoms with van der Waals surface area (Å²) in [5.41, 5.74) is 1.46. The summed E-state index contributed by atoms with van der Waals surface area (Å²) in [4.78, 5) is 27.4. The second-order valence-corrected chi connectivity index (χ2v) is 10.0. The Morgan fingerprint density at radius 3 is 2.15 bits per heavy atom. The van der Waals surface area contributed by atoms with E-state index in [-0.39, 0.29) is 17.0 Å². The van der Waals surface area contributed by atoms with E-state index in [4.69, 9.17) is 51.1 Å². The highest BCUT2D eigenvalue weighted by Gasteiger charge is 2.17. The van der Waals surface area contributed by atoms with Gasteiger partial charge >= 0.3 is 6.03 Å². The first-order valence-corrected chi connectivity index (χ1v) is 13.4. The Balaban J connectivity index is 1.44. The highest BCUT2D eigenvalue weighted by atomic mass is 35.5. The van der Waals surface area contributed by atoms with Gasteiger partial charge in [-0.15, -0.1) is 0 Å². The number of ether oxygens (including phenoxy) is 1. The first-order chi connectivity index (χ1) is 18.8. The predicted molar refractivity (Wildman–Crippen MR) is 159 cm³/mol. The van der Waals surface area contributed by atoms with Crippen LogP contribution in [-0.2, 0) is 0 Å². The number of carbonyl (C=O) groups excluding carboxylic acids is 2. The average Bonchev–Trinajstić information content (AvgIpc) is 2.92. The van der Waals surface area contributed by atoms with Crippen molar-refractivity contribution < 1.29 is 14.3 Å². The number of para-hydroxylation sites is 1. The fraction of sp³-hybridized carbons (Fsp3) is 0.103. The maximum atomic E-state index is 13.3. The fourth-order valence-corrected chi connectivity index (χ4v) is 4.43. The number of benzene rings is 4. The number of nitrogens with one attached hydrogen (secondary N) is 2. The Kier molecular flexibility index (Phi) is 9.96. The molecule has 0 fully saturated rings. The van der Waals surface area contributed by atoms with E-state index < -0.39 is 0 Å². The standard InChI is InChI=1S/C29H23Cl4N3O3/c30-19-7-13-24(26(32)17-19)28(37)34-15-4-16-36(29(38)35-20-8-14-25(31)27(33)18-20)21-9-11-23(12-10-21)39-22-5-2-1-3-6-22/h1-3,5-14,17-18H,4,15-16H2,(H,34,37)(H,35,38). The number of carbonyl (C=O) groups is 2. The van der Waals surface area contributed by atoms with Crippen molar-refractivity contribution >= 4 is 69.7 Å². The van der Waals surface area contributed by atoms with E-state index in [2.05, 4.69) is 10.6 Å². The minimum absolute atomic E-state index is 0.264. The van der Waals surface area contributed by atoms with Gasteiger partial charge in [0.2, 0.25) is 0 Å². The molecule has 4 aromatic carbocycles. The van der Waals surface area contributed by atoms with E-state index in [0.29, 0.717) is 63.0 Å². The van der Waals surface area contributed by atoms with Gasteiger partial charge in [-0.1, -0.05) is 64.6 Å². The lowest BCUT2D eigenvalue weighted by Crippen LogP contribution is -2.37. The largest absolute Gasteiger partial charge is 0.457 e. The lowest BCUT2D eigenvalue weighted by Gasteiger charge is -2.24. The SMILES string of the molecule is O=C(NCCCN(C(=O)Nc1ccc(Cl)c(Cl)c1)c1ccc(Oc2ccccc2)cc1)c1ccc(Cl)cc1Cl. The van der Waals surface area contributed by atoms with Crippen LogP contribution in [0.2, 0.25) is 20.1 Å². The van der Waals surface area contributed by atoms with Crippen LogP contribution in [0.15, 0.2) is 91.0 Å². The van der Waals surface area contributed by atoms with E-state index in [0.717, 1.165) is 0 Å². The Morgan fingerprint density at radius 2 is 1.46 bits per heavy atom. The Hall–Kier alpha value is -3.42. The Bertz CT molecular complexity index is 1450. The molecule has 4 aromatic rings. The smallest absolute Gasteiger partial charge is 0.326 e. The van der Waals surface area contributed by atoms with Crippen LogP contribution in [0, 0.1) is 0 Å². The van der Waals surface area contributed by atoms with Crippen molar-refractivity contribution in [3.05, 3.63) is 117 Å². The number of hydrogen-bond acceptors (Lipinski definition) is 3. The lowest BCUT2D eigenvalue weighted by atomic mass is 10.2. The zero-order valence-corrected chi connectivity index (χ0v) is 23.5. The van der Waals surface area contributed by atoms with Gasteiger partial charge in [0.1, 0.15) is 11.5 Å². The van der Waals surface area contributed by atoms with Crippen LogP contribution >= 0.6 is 46.4 Å². The fourth-order valence-electron chi connectivity index (χ4n) is 3.64. The predicted octanol–water partition coefficient (Wildman–Crippen LogP) is 8.95. The molecule has 2 N–H and O–H groups in total. The number of nitrogens with zero attached hydrogens (tertiary/aromatic N) is 1. The molecule has 0 heterocycles. The van der Waals surface area contributed by atoms with Crippen molar-refractivity contribution in [2.24, 2.45) is 0 Å². The lowest BCUT2D eigenvalue weighted by molar-refractivity contribution is 0.0953. The van der Waals surface area contributed by atoms with Gasteiger partial charge < -0.3 is 15.4 Å².